The molecule has 0 radical (unpaired) electrons. The molecule has 5 N–H and O–H groups in total. The molecule has 144 valence electrons. The Morgan fingerprint density at radius 2 is 1.81 bits per heavy atom. The third kappa shape index (κ3) is 5.30. The number of carbonyl (C=O) groups excluding carboxylic acids is 2. The molecule has 2 unspecified atom stereocenters. The van der Waals surface area contributed by atoms with Gasteiger partial charge in [0, 0.05) is 30.0 Å². The fourth-order valence-corrected chi connectivity index (χ4v) is 3.79. The first-order valence-corrected chi connectivity index (χ1v) is 9.85. The van der Waals surface area contributed by atoms with Crippen LogP contribution < -0.4 is 16.8 Å². The van der Waals surface area contributed by atoms with Crippen LogP contribution in [0, 0.1) is 5.92 Å². The lowest BCUT2D eigenvalue weighted by Gasteiger charge is -2.24. The second-order valence-electron chi connectivity index (χ2n) is 7.87. The molecule has 3 aliphatic carbocycles. The molecule has 1 aromatic rings. The number of nitrogens with two attached hydrogens (primary N) is 2. The Balaban J connectivity index is 0.000000158. The number of hydrogen-bond donors (Lipinski definition) is 3. The number of rotatable bonds is 4. The molecule has 4 rings (SSSR count). The summed E-state index contributed by atoms with van der Waals surface area (Å²) in [6, 6.07) is 2.33. The van der Waals surface area contributed by atoms with Crippen LogP contribution in [0.2, 0.25) is 0 Å². The Morgan fingerprint density at radius 3 is 2.35 bits per heavy atom. The van der Waals surface area contributed by atoms with Crippen molar-refractivity contribution in [3.05, 3.63) is 17.5 Å². The minimum Gasteiger partial charge on any atom is -0.364 e. The standard InChI is InChI=1S/C12H22N2O.C7H8N2O2/c13-10-7-6-9(8-10)12(15)14-11-4-2-1-3-5-11;8-7(10)5-3-6(11-9-5)4-1-2-4/h9-11H,1-8,13H2,(H,14,15);3-4H,1-2H2,(H2,8,10). The zero-order chi connectivity index (χ0) is 18.5. The fourth-order valence-electron chi connectivity index (χ4n) is 3.79. The van der Waals surface area contributed by atoms with Crippen molar-refractivity contribution in [3.8, 4) is 0 Å². The van der Waals surface area contributed by atoms with Gasteiger partial charge in [0.1, 0.15) is 5.76 Å². The maximum absolute atomic E-state index is 11.9. The number of carbonyl (C=O) groups is 2. The summed E-state index contributed by atoms with van der Waals surface area (Å²) in [5, 5.41) is 6.71. The topological polar surface area (TPSA) is 124 Å². The van der Waals surface area contributed by atoms with E-state index in [4.69, 9.17) is 16.0 Å². The highest BCUT2D eigenvalue weighted by molar-refractivity contribution is 5.90. The summed E-state index contributed by atoms with van der Waals surface area (Å²) in [4.78, 5) is 22.4. The van der Waals surface area contributed by atoms with Crippen molar-refractivity contribution in [2.75, 3.05) is 0 Å². The van der Waals surface area contributed by atoms with E-state index in [1.807, 2.05) is 0 Å². The summed E-state index contributed by atoms with van der Waals surface area (Å²) in [6.07, 6.45) is 11.4. The van der Waals surface area contributed by atoms with Crippen LogP contribution in [0.25, 0.3) is 0 Å². The largest absolute Gasteiger partial charge is 0.364 e. The van der Waals surface area contributed by atoms with Gasteiger partial charge in [-0.3, -0.25) is 9.59 Å². The first-order chi connectivity index (χ1) is 12.5. The van der Waals surface area contributed by atoms with Crippen molar-refractivity contribution in [2.45, 2.75) is 82.2 Å². The third-order valence-corrected chi connectivity index (χ3v) is 5.56. The van der Waals surface area contributed by atoms with Crippen molar-refractivity contribution in [1.82, 2.24) is 10.5 Å². The van der Waals surface area contributed by atoms with E-state index in [9.17, 15) is 9.59 Å². The lowest BCUT2D eigenvalue weighted by molar-refractivity contribution is -0.125. The summed E-state index contributed by atoms with van der Waals surface area (Å²) in [5.41, 5.74) is 11.0. The molecule has 1 heterocycles. The molecule has 7 nitrogen and oxygen atoms in total. The number of hydrogen-bond acceptors (Lipinski definition) is 5. The number of aromatic nitrogens is 1. The second kappa shape index (κ2) is 8.66. The number of primary amides is 1. The van der Waals surface area contributed by atoms with Crippen molar-refractivity contribution in [2.24, 2.45) is 17.4 Å². The van der Waals surface area contributed by atoms with Crippen molar-refractivity contribution >= 4 is 11.8 Å². The summed E-state index contributed by atoms with van der Waals surface area (Å²) >= 11 is 0. The van der Waals surface area contributed by atoms with E-state index in [-0.39, 0.29) is 23.6 Å². The molecule has 0 saturated heterocycles. The van der Waals surface area contributed by atoms with Gasteiger partial charge in [0.25, 0.3) is 5.91 Å². The van der Waals surface area contributed by atoms with Gasteiger partial charge in [-0.05, 0) is 44.9 Å². The Bertz CT molecular complexity index is 620. The molecule has 3 aliphatic rings. The molecule has 0 bridgehead atoms. The summed E-state index contributed by atoms with van der Waals surface area (Å²) < 4.78 is 4.90. The van der Waals surface area contributed by atoms with Crippen LogP contribution in [-0.2, 0) is 4.79 Å². The molecule has 1 aromatic heterocycles. The third-order valence-electron chi connectivity index (χ3n) is 5.56. The average molecular weight is 362 g/mol. The van der Waals surface area contributed by atoms with Crippen LogP contribution in [0.3, 0.4) is 0 Å². The van der Waals surface area contributed by atoms with Crippen molar-refractivity contribution in [1.29, 1.82) is 0 Å². The van der Waals surface area contributed by atoms with Crippen molar-refractivity contribution in [3.63, 3.8) is 0 Å². The maximum atomic E-state index is 11.9. The Kier molecular flexibility index (Phi) is 6.29. The van der Waals surface area contributed by atoms with Gasteiger partial charge < -0.3 is 21.3 Å². The molecule has 3 fully saturated rings. The van der Waals surface area contributed by atoms with Crippen LogP contribution in [0.15, 0.2) is 10.6 Å². The van der Waals surface area contributed by atoms with Gasteiger partial charge in [-0.1, -0.05) is 24.4 Å². The summed E-state index contributed by atoms with van der Waals surface area (Å²) in [7, 11) is 0. The van der Waals surface area contributed by atoms with E-state index in [1.165, 1.54) is 32.1 Å². The highest BCUT2D eigenvalue weighted by Crippen LogP contribution is 2.40. The molecule has 2 amide bonds. The Morgan fingerprint density at radius 1 is 1.08 bits per heavy atom. The molecule has 3 saturated carbocycles. The number of nitrogens with zero attached hydrogens (tertiary/aromatic N) is 1. The van der Waals surface area contributed by atoms with Gasteiger partial charge in [-0.2, -0.15) is 0 Å². The zero-order valence-electron chi connectivity index (χ0n) is 15.3. The van der Waals surface area contributed by atoms with E-state index in [1.54, 1.807) is 6.07 Å². The van der Waals surface area contributed by atoms with Crippen molar-refractivity contribution < 1.29 is 14.1 Å². The zero-order valence-corrected chi connectivity index (χ0v) is 15.3. The Hall–Kier alpha value is -1.89. The van der Waals surface area contributed by atoms with Gasteiger partial charge in [0.15, 0.2) is 5.69 Å². The summed E-state index contributed by atoms with van der Waals surface area (Å²) in [5.74, 6) is 1.20. The molecule has 0 spiro atoms. The fraction of sp³-hybridized carbons (Fsp3) is 0.737. The van der Waals surface area contributed by atoms with Gasteiger partial charge in [0.05, 0.1) is 0 Å². The molecule has 0 aromatic carbocycles. The minimum absolute atomic E-state index is 0.196. The molecule has 7 heteroatoms. The van der Waals surface area contributed by atoms with E-state index in [0.29, 0.717) is 12.0 Å². The smallest absolute Gasteiger partial charge is 0.270 e. The first-order valence-electron chi connectivity index (χ1n) is 9.85. The molecule has 2 atom stereocenters. The molecule has 26 heavy (non-hydrogen) atoms. The van der Waals surface area contributed by atoms with Gasteiger partial charge in [0.2, 0.25) is 5.91 Å². The maximum Gasteiger partial charge on any atom is 0.270 e. The SMILES string of the molecule is NC(=O)c1cc(C2CC2)on1.NC1CCC(C(=O)NC2CCCCC2)C1. The van der Waals surface area contributed by atoms with Crippen LogP contribution >= 0.6 is 0 Å². The van der Waals surface area contributed by atoms with Crippen LogP contribution in [0.4, 0.5) is 0 Å². The number of nitrogens with one attached hydrogen (secondary N) is 1. The van der Waals surface area contributed by atoms with Gasteiger partial charge in [-0.25, -0.2) is 0 Å². The summed E-state index contributed by atoms with van der Waals surface area (Å²) in [6.45, 7) is 0. The lowest BCUT2D eigenvalue weighted by atomic mass is 9.94. The highest BCUT2D eigenvalue weighted by atomic mass is 16.5. The van der Waals surface area contributed by atoms with E-state index in [0.717, 1.165) is 37.9 Å². The number of amides is 2. The monoisotopic (exact) mass is 362 g/mol. The highest BCUT2D eigenvalue weighted by Gasteiger charge is 2.29. The normalized spacial score (nSPS) is 26.0. The predicted molar refractivity (Wildman–Crippen MR) is 97.3 cm³/mol. The molecular formula is C19H30N4O3. The van der Waals surface area contributed by atoms with Gasteiger partial charge in [-0.15, -0.1) is 0 Å². The van der Waals surface area contributed by atoms with Crippen LogP contribution in [0.1, 0.15) is 86.4 Å². The minimum atomic E-state index is -0.527. The van der Waals surface area contributed by atoms with Crippen LogP contribution in [0.5, 0.6) is 0 Å². The first kappa shape index (κ1) is 18.9. The molecular weight excluding hydrogens is 332 g/mol. The Labute approximate surface area is 154 Å². The quantitative estimate of drug-likeness (QED) is 0.757. The lowest BCUT2D eigenvalue weighted by Crippen LogP contribution is -2.39. The molecule has 0 aliphatic heterocycles. The van der Waals surface area contributed by atoms with Crippen LogP contribution in [-0.4, -0.2) is 29.1 Å². The second-order valence-corrected chi connectivity index (χ2v) is 7.87. The van der Waals surface area contributed by atoms with E-state index >= 15 is 0 Å². The van der Waals surface area contributed by atoms with E-state index in [2.05, 4.69) is 10.5 Å². The predicted octanol–water partition coefficient (Wildman–Crippen LogP) is 2.21. The average Bonchev–Trinajstić information content (AvgIpc) is 3.18. The van der Waals surface area contributed by atoms with E-state index < -0.39 is 5.91 Å². The van der Waals surface area contributed by atoms with Gasteiger partial charge >= 0.3 is 0 Å².